The predicted molar refractivity (Wildman–Crippen MR) is 55.1 cm³/mol. The smallest absolute Gasteiger partial charge is 0.397 e. The van der Waals surface area contributed by atoms with Crippen molar-refractivity contribution in [1.29, 1.82) is 0 Å². The fourth-order valence-electron chi connectivity index (χ4n) is 1.22. The molecule has 0 saturated carbocycles. The Balaban J connectivity index is 3.11. The van der Waals surface area contributed by atoms with Crippen molar-refractivity contribution in [2.75, 3.05) is 0 Å². The molecule has 2 nitrogen and oxygen atoms in total. The summed E-state index contributed by atoms with van der Waals surface area (Å²) in [4.78, 5) is 10.3. The van der Waals surface area contributed by atoms with Gasteiger partial charge in [0.1, 0.15) is 5.92 Å². The largest absolute Gasteiger partial charge is 0.481 e. The maximum absolute atomic E-state index is 12.6. The zero-order chi connectivity index (χ0) is 12.5. The van der Waals surface area contributed by atoms with E-state index < -0.39 is 24.5 Å². The summed E-state index contributed by atoms with van der Waals surface area (Å²) in [6.45, 7) is 1.58. The van der Waals surface area contributed by atoms with Gasteiger partial charge in [0.25, 0.3) is 0 Å². The molecule has 0 aliphatic rings. The molecule has 90 valence electrons. The summed E-state index contributed by atoms with van der Waals surface area (Å²) in [7, 11) is 0. The Hall–Kier alpha value is -0.750. The summed E-state index contributed by atoms with van der Waals surface area (Å²) >= 11 is 6.55. The Labute approximate surface area is 98.7 Å². The second-order valence-electron chi connectivity index (χ2n) is 3.29. The van der Waals surface area contributed by atoms with Crippen LogP contribution in [0.2, 0.25) is 5.02 Å². The van der Waals surface area contributed by atoms with E-state index in [9.17, 15) is 18.0 Å². The molecule has 0 aliphatic carbocycles. The minimum atomic E-state index is -4.60. The van der Waals surface area contributed by atoms with E-state index in [1.54, 1.807) is 6.92 Å². The Morgan fingerprint density at radius 2 is 2.19 bits per heavy atom. The van der Waals surface area contributed by atoms with Crippen molar-refractivity contribution in [2.45, 2.75) is 25.4 Å². The van der Waals surface area contributed by atoms with Crippen molar-refractivity contribution in [3.8, 4) is 0 Å². The van der Waals surface area contributed by atoms with E-state index in [1.165, 1.54) is 5.38 Å². The quantitative estimate of drug-likeness (QED) is 0.908. The number of carboxylic acid groups (broad SMARTS) is 1. The molecule has 7 heteroatoms. The molecule has 0 amide bonds. The minimum Gasteiger partial charge on any atom is -0.481 e. The first-order valence-corrected chi connectivity index (χ1v) is 5.51. The van der Waals surface area contributed by atoms with Crippen molar-refractivity contribution in [3.63, 3.8) is 0 Å². The summed E-state index contributed by atoms with van der Waals surface area (Å²) in [6, 6.07) is 0. The van der Waals surface area contributed by atoms with Crippen LogP contribution in [0.15, 0.2) is 5.38 Å². The maximum Gasteiger partial charge on any atom is 0.397 e. The molecule has 0 radical (unpaired) electrons. The van der Waals surface area contributed by atoms with Gasteiger partial charge in [-0.3, -0.25) is 4.79 Å². The van der Waals surface area contributed by atoms with Crippen LogP contribution >= 0.6 is 22.9 Å². The number of hydrogen-bond acceptors (Lipinski definition) is 2. The van der Waals surface area contributed by atoms with Crippen LogP contribution in [-0.4, -0.2) is 17.3 Å². The van der Waals surface area contributed by atoms with Crippen LogP contribution in [0, 0.1) is 6.92 Å². The minimum absolute atomic E-state index is 0.00794. The summed E-state index contributed by atoms with van der Waals surface area (Å²) in [6.07, 6.45) is -5.59. The maximum atomic E-state index is 12.6. The van der Waals surface area contributed by atoms with E-state index in [1.807, 2.05) is 0 Å². The molecule has 1 atom stereocenters. The Bertz CT molecular complexity index is 400. The van der Waals surface area contributed by atoms with Crippen LogP contribution in [0.1, 0.15) is 22.8 Å². The van der Waals surface area contributed by atoms with Gasteiger partial charge in [0, 0.05) is 4.88 Å². The standard InChI is InChI=1S/C9H8ClF3O2S/c1-4-3-16-8(7(4)10)5(2-6(14)15)9(11,12)13/h3,5H,2H2,1H3,(H,14,15). The van der Waals surface area contributed by atoms with Crippen LogP contribution in [0.5, 0.6) is 0 Å². The number of rotatable bonds is 3. The van der Waals surface area contributed by atoms with Crippen LogP contribution in [0.3, 0.4) is 0 Å². The summed E-state index contributed by atoms with van der Waals surface area (Å²) in [5.41, 5.74) is 0.529. The van der Waals surface area contributed by atoms with Crippen molar-refractivity contribution in [2.24, 2.45) is 0 Å². The van der Waals surface area contributed by atoms with Gasteiger partial charge in [-0.1, -0.05) is 11.6 Å². The van der Waals surface area contributed by atoms with Crippen LogP contribution in [0.4, 0.5) is 13.2 Å². The van der Waals surface area contributed by atoms with Gasteiger partial charge in [-0.25, -0.2) is 0 Å². The van der Waals surface area contributed by atoms with Crippen LogP contribution < -0.4 is 0 Å². The molecule has 1 rings (SSSR count). The van der Waals surface area contributed by atoms with E-state index in [0.29, 0.717) is 5.56 Å². The highest BCUT2D eigenvalue weighted by Crippen LogP contribution is 2.44. The summed E-state index contributed by atoms with van der Waals surface area (Å²) in [5, 5.41) is 9.96. The number of hydrogen-bond donors (Lipinski definition) is 1. The predicted octanol–water partition coefficient (Wildman–Crippen LogP) is 3.83. The lowest BCUT2D eigenvalue weighted by molar-refractivity contribution is -0.162. The lowest BCUT2D eigenvalue weighted by Gasteiger charge is -2.17. The van der Waals surface area contributed by atoms with E-state index in [4.69, 9.17) is 16.7 Å². The van der Waals surface area contributed by atoms with Gasteiger partial charge in [0.05, 0.1) is 11.4 Å². The molecular formula is C9H8ClF3O2S. The van der Waals surface area contributed by atoms with Gasteiger partial charge < -0.3 is 5.11 Å². The number of thiophene rings is 1. The zero-order valence-corrected chi connectivity index (χ0v) is 9.71. The molecule has 1 aromatic rings. The molecule has 1 unspecified atom stereocenters. The second kappa shape index (κ2) is 4.63. The monoisotopic (exact) mass is 272 g/mol. The van der Waals surface area contributed by atoms with Gasteiger partial charge in [0.15, 0.2) is 0 Å². The van der Waals surface area contributed by atoms with Gasteiger partial charge >= 0.3 is 12.1 Å². The topological polar surface area (TPSA) is 37.3 Å². The van der Waals surface area contributed by atoms with E-state index in [-0.39, 0.29) is 9.90 Å². The van der Waals surface area contributed by atoms with Crippen molar-refractivity contribution < 1.29 is 23.1 Å². The van der Waals surface area contributed by atoms with Crippen molar-refractivity contribution >= 4 is 28.9 Å². The molecular weight excluding hydrogens is 265 g/mol. The molecule has 0 fully saturated rings. The van der Waals surface area contributed by atoms with Gasteiger partial charge in [-0.15, -0.1) is 11.3 Å². The molecule has 0 spiro atoms. The van der Waals surface area contributed by atoms with Gasteiger partial charge in [0.2, 0.25) is 0 Å². The SMILES string of the molecule is Cc1csc(C(CC(=O)O)C(F)(F)F)c1Cl. The fraction of sp³-hybridized carbons (Fsp3) is 0.444. The highest BCUT2D eigenvalue weighted by atomic mass is 35.5. The van der Waals surface area contributed by atoms with Gasteiger partial charge in [-0.05, 0) is 17.9 Å². The first kappa shape index (κ1) is 13.3. The number of carboxylic acids is 1. The summed E-state index contributed by atoms with van der Waals surface area (Å²) in [5.74, 6) is -3.53. The molecule has 0 bridgehead atoms. The molecule has 0 aliphatic heterocycles. The molecule has 1 aromatic heterocycles. The van der Waals surface area contributed by atoms with Crippen LogP contribution in [-0.2, 0) is 4.79 Å². The Morgan fingerprint density at radius 3 is 2.50 bits per heavy atom. The normalized spacial score (nSPS) is 13.8. The highest BCUT2D eigenvalue weighted by molar-refractivity contribution is 7.10. The molecule has 1 N–H and O–H groups in total. The molecule has 0 saturated heterocycles. The fourth-order valence-corrected chi connectivity index (χ4v) is 2.67. The Morgan fingerprint density at radius 1 is 1.62 bits per heavy atom. The van der Waals surface area contributed by atoms with Crippen molar-refractivity contribution in [1.82, 2.24) is 0 Å². The third-order valence-corrected chi connectivity index (χ3v) is 3.84. The third kappa shape index (κ3) is 2.89. The lowest BCUT2D eigenvalue weighted by Crippen LogP contribution is -2.23. The number of carbonyl (C=O) groups is 1. The van der Waals surface area contributed by atoms with E-state index in [2.05, 4.69) is 0 Å². The van der Waals surface area contributed by atoms with E-state index in [0.717, 1.165) is 11.3 Å². The number of halogens is 4. The number of aliphatic carboxylic acids is 1. The number of alkyl halides is 3. The molecule has 0 aromatic carbocycles. The van der Waals surface area contributed by atoms with Gasteiger partial charge in [-0.2, -0.15) is 13.2 Å². The molecule has 1 heterocycles. The Kier molecular flexibility index (Phi) is 3.85. The zero-order valence-electron chi connectivity index (χ0n) is 8.14. The number of aryl methyl sites for hydroxylation is 1. The second-order valence-corrected chi connectivity index (χ2v) is 4.58. The van der Waals surface area contributed by atoms with Crippen molar-refractivity contribution in [3.05, 3.63) is 20.8 Å². The lowest BCUT2D eigenvalue weighted by atomic mass is 10.0. The first-order valence-electron chi connectivity index (χ1n) is 4.25. The first-order chi connectivity index (χ1) is 7.23. The average Bonchev–Trinajstić information content (AvgIpc) is 2.42. The highest BCUT2D eigenvalue weighted by Gasteiger charge is 2.44. The van der Waals surface area contributed by atoms with E-state index >= 15 is 0 Å². The third-order valence-electron chi connectivity index (χ3n) is 2.02. The average molecular weight is 273 g/mol. The molecule has 16 heavy (non-hydrogen) atoms. The summed E-state index contributed by atoms with van der Waals surface area (Å²) < 4.78 is 37.9. The van der Waals surface area contributed by atoms with Crippen LogP contribution in [0.25, 0.3) is 0 Å².